The molecule has 1 aromatic heterocycles. The molecule has 25 heavy (non-hydrogen) atoms. The van der Waals surface area contributed by atoms with Crippen LogP contribution in [0.15, 0.2) is 48.7 Å². The van der Waals surface area contributed by atoms with Crippen LogP contribution in [-0.4, -0.2) is 47.8 Å². The molecule has 126 valence electrons. The van der Waals surface area contributed by atoms with Gasteiger partial charge in [0.15, 0.2) is 0 Å². The second-order valence-electron chi connectivity index (χ2n) is 6.53. The van der Waals surface area contributed by atoms with Gasteiger partial charge in [0.1, 0.15) is 18.0 Å². The molecule has 2 aliphatic rings. The minimum Gasteiger partial charge on any atom is -0.447 e. The van der Waals surface area contributed by atoms with E-state index >= 15 is 0 Å². The van der Waals surface area contributed by atoms with Crippen LogP contribution < -0.4 is 4.90 Å². The van der Waals surface area contributed by atoms with Crippen LogP contribution in [0.1, 0.15) is 11.1 Å². The van der Waals surface area contributed by atoms with Gasteiger partial charge in [0, 0.05) is 32.3 Å². The maximum atomic E-state index is 12.2. The Kier molecular flexibility index (Phi) is 3.77. The van der Waals surface area contributed by atoms with Crippen LogP contribution >= 0.6 is 0 Å². The summed E-state index contributed by atoms with van der Waals surface area (Å²) in [6, 6.07) is 15.8. The standard InChI is InChI=1S/C19H18N4O2/c20-12-16-6-7-21-17(10-16)22-8-9-23-18(24)25-14-19(23,13-22)11-15-4-2-1-3-5-15/h1-7,10H,8-9,11,13-14H2. The first kappa shape index (κ1) is 15.5. The molecule has 0 N–H and O–H groups in total. The SMILES string of the molecule is N#Cc1ccnc(N2CCN3C(=O)OCC3(Cc3ccccc3)C2)c1. The molecule has 2 aliphatic heterocycles. The Morgan fingerprint density at radius 1 is 1.24 bits per heavy atom. The Balaban J connectivity index is 1.64. The second-order valence-corrected chi connectivity index (χ2v) is 6.53. The van der Waals surface area contributed by atoms with Crippen molar-refractivity contribution >= 4 is 11.9 Å². The lowest BCUT2D eigenvalue weighted by Crippen LogP contribution is -2.62. The molecule has 3 heterocycles. The number of carbonyl (C=O) groups is 1. The third kappa shape index (κ3) is 2.78. The molecule has 6 heteroatoms. The van der Waals surface area contributed by atoms with Crippen molar-refractivity contribution in [2.45, 2.75) is 12.0 Å². The number of hydrogen-bond donors (Lipinski definition) is 0. The van der Waals surface area contributed by atoms with Crippen molar-refractivity contribution in [3.8, 4) is 6.07 Å². The number of fused-ring (bicyclic) bond motifs is 1. The van der Waals surface area contributed by atoms with E-state index < -0.39 is 5.54 Å². The van der Waals surface area contributed by atoms with Gasteiger partial charge in [0.2, 0.25) is 0 Å². The summed E-state index contributed by atoms with van der Waals surface area (Å²) in [5, 5.41) is 9.12. The molecule has 0 spiro atoms. The number of pyridine rings is 1. The number of carbonyl (C=O) groups excluding carboxylic acids is 1. The average Bonchev–Trinajstić information content (AvgIpc) is 2.98. The first-order valence-electron chi connectivity index (χ1n) is 8.30. The Morgan fingerprint density at radius 2 is 2.08 bits per heavy atom. The zero-order chi connectivity index (χ0) is 17.3. The average molecular weight is 334 g/mol. The molecule has 2 aromatic rings. The van der Waals surface area contributed by atoms with Crippen molar-refractivity contribution in [2.75, 3.05) is 31.1 Å². The van der Waals surface area contributed by atoms with E-state index in [-0.39, 0.29) is 6.09 Å². The Hall–Kier alpha value is -3.07. The first-order chi connectivity index (χ1) is 12.2. The van der Waals surface area contributed by atoms with E-state index in [0.29, 0.717) is 31.8 Å². The molecule has 0 aliphatic carbocycles. The largest absolute Gasteiger partial charge is 0.447 e. The highest BCUT2D eigenvalue weighted by Gasteiger charge is 2.50. The summed E-state index contributed by atoms with van der Waals surface area (Å²) in [6.07, 6.45) is 2.14. The second kappa shape index (κ2) is 6.10. The molecule has 0 radical (unpaired) electrons. The summed E-state index contributed by atoms with van der Waals surface area (Å²) < 4.78 is 5.39. The van der Waals surface area contributed by atoms with Crippen LogP contribution in [0.5, 0.6) is 0 Å². The summed E-state index contributed by atoms with van der Waals surface area (Å²) in [5.41, 5.74) is 1.36. The van der Waals surface area contributed by atoms with Crippen molar-refractivity contribution in [1.29, 1.82) is 5.26 Å². The lowest BCUT2D eigenvalue weighted by atomic mass is 9.88. The van der Waals surface area contributed by atoms with Crippen molar-refractivity contribution in [3.63, 3.8) is 0 Å². The fourth-order valence-corrected chi connectivity index (χ4v) is 3.69. The van der Waals surface area contributed by atoms with Gasteiger partial charge in [0.25, 0.3) is 0 Å². The minimum atomic E-state index is -0.402. The van der Waals surface area contributed by atoms with Gasteiger partial charge in [-0.25, -0.2) is 9.78 Å². The summed E-state index contributed by atoms with van der Waals surface area (Å²) in [6.45, 7) is 2.27. The van der Waals surface area contributed by atoms with E-state index in [0.717, 1.165) is 12.2 Å². The molecule has 2 fully saturated rings. The highest BCUT2D eigenvalue weighted by Crippen LogP contribution is 2.33. The highest BCUT2D eigenvalue weighted by molar-refractivity contribution is 5.72. The Bertz CT molecular complexity index is 833. The van der Waals surface area contributed by atoms with E-state index in [9.17, 15) is 4.79 Å². The number of anilines is 1. The fraction of sp³-hybridized carbons (Fsp3) is 0.316. The quantitative estimate of drug-likeness (QED) is 0.861. The van der Waals surface area contributed by atoms with E-state index in [1.165, 1.54) is 5.56 Å². The number of nitriles is 1. The number of rotatable bonds is 3. The normalized spacial score (nSPS) is 22.3. The Labute approximate surface area is 146 Å². The number of hydrogen-bond acceptors (Lipinski definition) is 5. The van der Waals surface area contributed by atoms with E-state index in [1.54, 1.807) is 18.3 Å². The number of nitrogens with zero attached hydrogens (tertiary/aromatic N) is 4. The van der Waals surface area contributed by atoms with Crippen molar-refractivity contribution in [3.05, 3.63) is 59.8 Å². The highest BCUT2D eigenvalue weighted by atomic mass is 16.6. The summed E-state index contributed by atoms with van der Waals surface area (Å²) in [4.78, 5) is 20.6. The van der Waals surface area contributed by atoms with Gasteiger partial charge < -0.3 is 9.64 Å². The molecular formula is C19H18N4O2. The van der Waals surface area contributed by atoms with Gasteiger partial charge in [0.05, 0.1) is 11.6 Å². The molecule has 0 bridgehead atoms. The van der Waals surface area contributed by atoms with Crippen molar-refractivity contribution in [2.24, 2.45) is 0 Å². The first-order valence-corrected chi connectivity index (χ1v) is 8.30. The molecule has 1 amide bonds. The monoisotopic (exact) mass is 334 g/mol. The summed E-state index contributed by atoms with van der Waals surface area (Å²) >= 11 is 0. The number of aromatic nitrogens is 1. The van der Waals surface area contributed by atoms with E-state index in [2.05, 4.69) is 28.1 Å². The van der Waals surface area contributed by atoms with Crippen LogP contribution in [0.4, 0.5) is 10.6 Å². The van der Waals surface area contributed by atoms with Crippen LogP contribution in [0.2, 0.25) is 0 Å². The third-order valence-corrected chi connectivity index (χ3v) is 4.91. The fourth-order valence-electron chi connectivity index (χ4n) is 3.69. The number of cyclic esters (lactones) is 1. The molecule has 6 nitrogen and oxygen atoms in total. The number of ether oxygens (including phenoxy) is 1. The number of piperazine rings is 1. The zero-order valence-electron chi connectivity index (χ0n) is 13.8. The zero-order valence-corrected chi connectivity index (χ0v) is 13.8. The van der Waals surface area contributed by atoms with Gasteiger partial charge in [-0.2, -0.15) is 5.26 Å². The molecule has 4 rings (SSSR count). The summed E-state index contributed by atoms with van der Waals surface area (Å²) in [5.74, 6) is 0.769. The molecular weight excluding hydrogens is 316 g/mol. The van der Waals surface area contributed by atoms with Crippen LogP contribution in [0, 0.1) is 11.3 Å². The third-order valence-electron chi connectivity index (χ3n) is 4.91. The maximum Gasteiger partial charge on any atom is 0.410 e. The lowest BCUT2D eigenvalue weighted by molar-refractivity contribution is 0.140. The van der Waals surface area contributed by atoms with Gasteiger partial charge in [-0.15, -0.1) is 0 Å². The van der Waals surface area contributed by atoms with Crippen LogP contribution in [0.25, 0.3) is 0 Å². The van der Waals surface area contributed by atoms with Gasteiger partial charge in [-0.3, -0.25) is 4.90 Å². The van der Waals surface area contributed by atoms with Crippen LogP contribution in [-0.2, 0) is 11.2 Å². The lowest BCUT2D eigenvalue weighted by Gasteiger charge is -2.45. The smallest absolute Gasteiger partial charge is 0.410 e. The van der Waals surface area contributed by atoms with Gasteiger partial charge in [-0.05, 0) is 17.7 Å². The molecule has 1 atom stereocenters. The van der Waals surface area contributed by atoms with Crippen molar-refractivity contribution < 1.29 is 9.53 Å². The maximum absolute atomic E-state index is 12.2. The van der Waals surface area contributed by atoms with Gasteiger partial charge >= 0.3 is 6.09 Å². The number of amides is 1. The Morgan fingerprint density at radius 3 is 2.88 bits per heavy atom. The minimum absolute atomic E-state index is 0.241. The van der Waals surface area contributed by atoms with Crippen molar-refractivity contribution in [1.82, 2.24) is 9.88 Å². The predicted octanol–water partition coefficient (Wildman–Crippen LogP) is 2.21. The predicted molar refractivity (Wildman–Crippen MR) is 92.1 cm³/mol. The summed E-state index contributed by atoms with van der Waals surface area (Å²) in [7, 11) is 0. The molecule has 1 aromatic carbocycles. The van der Waals surface area contributed by atoms with E-state index in [1.807, 2.05) is 23.1 Å². The van der Waals surface area contributed by atoms with Crippen LogP contribution in [0.3, 0.4) is 0 Å². The molecule has 2 saturated heterocycles. The van der Waals surface area contributed by atoms with E-state index in [4.69, 9.17) is 10.00 Å². The molecule has 0 saturated carbocycles. The topological polar surface area (TPSA) is 69.5 Å². The number of benzene rings is 1. The molecule has 1 unspecified atom stereocenters. The van der Waals surface area contributed by atoms with Gasteiger partial charge in [-0.1, -0.05) is 30.3 Å².